The summed E-state index contributed by atoms with van der Waals surface area (Å²) in [7, 11) is 1.93. The van der Waals surface area contributed by atoms with Gasteiger partial charge in [-0.05, 0) is 37.5 Å². The fraction of sp³-hybridized carbons (Fsp3) is 0.368. The highest BCUT2D eigenvalue weighted by Gasteiger charge is 2.32. The Bertz CT molecular complexity index is 1060. The number of nitrogens with one attached hydrogen (secondary N) is 2. The van der Waals surface area contributed by atoms with Crippen LogP contribution in [0.1, 0.15) is 46.5 Å². The van der Waals surface area contributed by atoms with E-state index in [0.717, 1.165) is 41.4 Å². The molecular weight excluding hydrogens is 347 g/mol. The van der Waals surface area contributed by atoms with Gasteiger partial charge in [-0.3, -0.25) is 4.79 Å². The summed E-state index contributed by atoms with van der Waals surface area (Å²) in [6.45, 7) is 1.06. The Kier molecular flexibility index (Phi) is 3.60. The number of imidazole rings is 1. The summed E-state index contributed by atoms with van der Waals surface area (Å²) < 4.78 is 13.4. The third-order valence-corrected chi connectivity index (χ3v) is 5.06. The van der Waals surface area contributed by atoms with Gasteiger partial charge in [0, 0.05) is 25.1 Å². The highest BCUT2D eigenvalue weighted by molar-refractivity contribution is 5.96. The minimum atomic E-state index is -0.295. The van der Waals surface area contributed by atoms with Gasteiger partial charge in [-0.15, -0.1) is 0 Å². The van der Waals surface area contributed by atoms with Gasteiger partial charge in [0.1, 0.15) is 29.0 Å². The molecule has 1 aromatic carbocycles. The molecule has 27 heavy (non-hydrogen) atoms. The minimum Gasteiger partial charge on any atom is -0.352 e. The number of hydrogen-bond donors (Lipinski definition) is 2. The first-order chi connectivity index (χ1) is 13.1. The number of anilines is 1. The maximum Gasteiger partial charge on any atom is 0.270 e. The molecule has 7 nitrogen and oxygen atoms in total. The van der Waals surface area contributed by atoms with Crippen LogP contribution in [-0.4, -0.2) is 39.4 Å². The number of carbonyl (C=O) groups excluding carboxylic acids is 1. The second kappa shape index (κ2) is 6.00. The number of halogens is 1. The molecule has 0 atom stereocenters. The predicted octanol–water partition coefficient (Wildman–Crippen LogP) is 2.29. The molecule has 138 valence electrons. The van der Waals surface area contributed by atoms with E-state index >= 15 is 0 Å². The maximum atomic E-state index is 13.4. The summed E-state index contributed by atoms with van der Waals surface area (Å²) in [4.78, 5) is 31.3. The lowest BCUT2D eigenvalue weighted by molar-refractivity contribution is 0.0940. The van der Waals surface area contributed by atoms with Crippen LogP contribution in [0.25, 0.3) is 11.0 Å². The molecule has 0 radical (unpaired) electrons. The van der Waals surface area contributed by atoms with E-state index in [9.17, 15) is 9.18 Å². The number of carbonyl (C=O) groups is 1. The lowest BCUT2D eigenvalue weighted by Crippen LogP contribution is -2.35. The van der Waals surface area contributed by atoms with Crippen molar-refractivity contribution in [3.05, 3.63) is 46.9 Å². The Morgan fingerprint density at radius 1 is 1.26 bits per heavy atom. The molecule has 8 heteroatoms. The minimum absolute atomic E-state index is 0.130. The van der Waals surface area contributed by atoms with E-state index in [4.69, 9.17) is 4.98 Å². The van der Waals surface area contributed by atoms with Gasteiger partial charge < -0.3 is 15.2 Å². The molecule has 0 bridgehead atoms. The van der Waals surface area contributed by atoms with Crippen LogP contribution in [0.15, 0.2) is 18.2 Å². The first-order valence-corrected chi connectivity index (χ1v) is 9.13. The molecule has 1 amide bonds. The van der Waals surface area contributed by atoms with Gasteiger partial charge in [0.25, 0.3) is 5.91 Å². The zero-order chi connectivity index (χ0) is 18.5. The molecule has 2 N–H and O–H groups in total. The highest BCUT2D eigenvalue weighted by atomic mass is 19.1. The smallest absolute Gasteiger partial charge is 0.270 e. The van der Waals surface area contributed by atoms with Crippen molar-refractivity contribution in [2.24, 2.45) is 0 Å². The molecule has 1 saturated carbocycles. The van der Waals surface area contributed by atoms with Crippen molar-refractivity contribution in [2.75, 3.05) is 18.5 Å². The second-order valence-corrected chi connectivity index (χ2v) is 7.21. The van der Waals surface area contributed by atoms with Crippen LogP contribution in [0, 0.1) is 5.82 Å². The van der Waals surface area contributed by atoms with Crippen molar-refractivity contribution in [1.29, 1.82) is 0 Å². The van der Waals surface area contributed by atoms with Crippen LogP contribution in [0.2, 0.25) is 0 Å². The average Bonchev–Trinajstić information content (AvgIpc) is 3.42. The molecule has 2 aromatic heterocycles. The highest BCUT2D eigenvalue weighted by Crippen LogP contribution is 2.39. The Morgan fingerprint density at radius 2 is 2.11 bits per heavy atom. The van der Waals surface area contributed by atoms with E-state index in [1.165, 1.54) is 12.1 Å². The molecule has 0 unspecified atom stereocenters. The second-order valence-electron chi connectivity index (χ2n) is 7.21. The molecule has 1 aliphatic carbocycles. The van der Waals surface area contributed by atoms with E-state index in [2.05, 4.69) is 20.3 Å². The number of hydrogen-bond acceptors (Lipinski definition) is 5. The van der Waals surface area contributed by atoms with Crippen molar-refractivity contribution in [1.82, 2.24) is 25.3 Å². The monoisotopic (exact) mass is 366 g/mol. The van der Waals surface area contributed by atoms with Crippen LogP contribution in [0.4, 0.5) is 10.2 Å². The van der Waals surface area contributed by atoms with E-state index in [-0.39, 0.29) is 11.7 Å². The fourth-order valence-electron chi connectivity index (χ4n) is 3.54. The van der Waals surface area contributed by atoms with Crippen LogP contribution >= 0.6 is 0 Å². The fourth-order valence-corrected chi connectivity index (χ4v) is 3.54. The van der Waals surface area contributed by atoms with E-state index in [1.54, 1.807) is 6.07 Å². The molecule has 3 heterocycles. The topological polar surface area (TPSA) is 86.8 Å². The SMILES string of the molecule is CN(Cc1nc2ccc(F)cc2[nH]1)c1nc(C2CC2)nc2c1CCNC2=O. The van der Waals surface area contributed by atoms with Gasteiger partial charge in [-0.2, -0.15) is 0 Å². The summed E-state index contributed by atoms with van der Waals surface area (Å²) in [6, 6.07) is 4.50. The molecule has 5 rings (SSSR count). The number of aromatic amines is 1. The first-order valence-electron chi connectivity index (χ1n) is 9.13. The Hall–Kier alpha value is -3.03. The molecule has 1 fully saturated rings. The summed E-state index contributed by atoms with van der Waals surface area (Å²) in [5.41, 5.74) is 2.77. The molecule has 0 spiro atoms. The van der Waals surface area contributed by atoms with Crippen molar-refractivity contribution >= 4 is 22.8 Å². The van der Waals surface area contributed by atoms with Gasteiger partial charge in [0.2, 0.25) is 0 Å². The lowest BCUT2D eigenvalue weighted by atomic mass is 10.1. The van der Waals surface area contributed by atoms with Crippen LogP contribution < -0.4 is 10.2 Å². The van der Waals surface area contributed by atoms with Crippen LogP contribution in [0.3, 0.4) is 0 Å². The summed E-state index contributed by atoms with van der Waals surface area (Å²) in [5.74, 6) is 2.18. The Balaban J connectivity index is 1.51. The third kappa shape index (κ3) is 2.90. The maximum absolute atomic E-state index is 13.4. The average molecular weight is 366 g/mol. The van der Waals surface area contributed by atoms with Crippen molar-refractivity contribution in [3.63, 3.8) is 0 Å². The van der Waals surface area contributed by atoms with Gasteiger partial charge in [-0.1, -0.05) is 0 Å². The standard InChI is InChI=1S/C19H19FN6O/c1-26(9-15-22-13-5-4-11(20)8-14(13)23-15)18-12-6-7-21-19(27)16(12)24-17(25-18)10-2-3-10/h4-5,8,10H,2-3,6-7,9H2,1H3,(H,21,27)(H,22,23). The lowest BCUT2D eigenvalue weighted by Gasteiger charge is -2.25. The molecular formula is C19H19FN6O. The predicted molar refractivity (Wildman–Crippen MR) is 98.2 cm³/mol. The van der Waals surface area contributed by atoms with E-state index in [1.807, 2.05) is 11.9 Å². The van der Waals surface area contributed by atoms with E-state index in [0.29, 0.717) is 36.6 Å². The number of nitrogens with zero attached hydrogens (tertiary/aromatic N) is 4. The Labute approximate surface area is 155 Å². The number of benzene rings is 1. The Morgan fingerprint density at radius 3 is 2.93 bits per heavy atom. The zero-order valence-corrected chi connectivity index (χ0v) is 14.9. The molecule has 2 aliphatic rings. The molecule has 3 aromatic rings. The van der Waals surface area contributed by atoms with Crippen molar-refractivity contribution < 1.29 is 9.18 Å². The number of amides is 1. The zero-order valence-electron chi connectivity index (χ0n) is 14.9. The number of rotatable bonds is 4. The quantitative estimate of drug-likeness (QED) is 0.740. The van der Waals surface area contributed by atoms with Gasteiger partial charge in [0.05, 0.1) is 17.6 Å². The summed E-state index contributed by atoms with van der Waals surface area (Å²) in [6.07, 6.45) is 2.84. The number of aromatic nitrogens is 4. The third-order valence-electron chi connectivity index (χ3n) is 5.06. The normalized spacial score (nSPS) is 16.3. The van der Waals surface area contributed by atoms with Crippen LogP contribution in [-0.2, 0) is 13.0 Å². The molecule has 1 aliphatic heterocycles. The number of H-pyrrole nitrogens is 1. The number of fused-ring (bicyclic) bond motifs is 2. The van der Waals surface area contributed by atoms with Gasteiger partial charge in [0.15, 0.2) is 0 Å². The largest absolute Gasteiger partial charge is 0.352 e. The van der Waals surface area contributed by atoms with Gasteiger partial charge in [-0.25, -0.2) is 19.3 Å². The first kappa shape index (κ1) is 16.2. The summed E-state index contributed by atoms with van der Waals surface area (Å²) in [5, 5.41) is 2.86. The van der Waals surface area contributed by atoms with E-state index < -0.39 is 0 Å². The van der Waals surface area contributed by atoms with Crippen LogP contribution in [0.5, 0.6) is 0 Å². The molecule has 0 saturated heterocycles. The van der Waals surface area contributed by atoms with Crippen molar-refractivity contribution in [3.8, 4) is 0 Å². The van der Waals surface area contributed by atoms with Gasteiger partial charge >= 0.3 is 0 Å². The summed E-state index contributed by atoms with van der Waals surface area (Å²) >= 11 is 0. The van der Waals surface area contributed by atoms with Crippen molar-refractivity contribution in [2.45, 2.75) is 31.7 Å².